The molecule has 25 heavy (non-hydrogen) atoms. The first kappa shape index (κ1) is 17.1. The van der Waals surface area contributed by atoms with Crippen molar-refractivity contribution in [2.45, 2.75) is 44.2 Å². The standard InChI is InChI=1S/C15H20BrN5O4/c1-15(2)24-9-7(5-22)23-13(10(9)25-15)21-12-8(19-14(21)16)11(20(3)4)17-6-18-12/h6-7,9-10,13,22H,5H2,1-4H3/t7-,9-,10-,13-/m1/s1. The first-order valence-corrected chi connectivity index (χ1v) is 8.79. The summed E-state index contributed by atoms with van der Waals surface area (Å²) < 4.78 is 20.4. The predicted octanol–water partition coefficient (Wildman–Crippen LogP) is 1.06. The summed E-state index contributed by atoms with van der Waals surface area (Å²) in [6, 6.07) is 0. The fraction of sp³-hybridized carbons (Fsp3) is 0.667. The number of aliphatic hydroxyl groups is 1. The Morgan fingerprint density at radius 2 is 2.00 bits per heavy atom. The van der Waals surface area contributed by atoms with E-state index in [1.54, 1.807) is 0 Å². The predicted molar refractivity (Wildman–Crippen MR) is 92.2 cm³/mol. The minimum absolute atomic E-state index is 0.153. The summed E-state index contributed by atoms with van der Waals surface area (Å²) in [5, 5.41) is 9.67. The molecule has 136 valence electrons. The molecule has 4 atom stereocenters. The number of imidazole rings is 1. The van der Waals surface area contributed by atoms with Gasteiger partial charge >= 0.3 is 0 Å². The lowest BCUT2D eigenvalue weighted by atomic mass is 10.1. The number of aromatic nitrogens is 4. The Morgan fingerprint density at radius 3 is 2.68 bits per heavy atom. The normalized spacial score (nSPS) is 30.8. The molecular weight excluding hydrogens is 394 g/mol. The smallest absolute Gasteiger partial charge is 0.181 e. The number of aliphatic hydroxyl groups excluding tert-OH is 1. The van der Waals surface area contributed by atoms with Crippen LogP contribution in [0.1, 0.15) is 20.1 Å². The molecule has 2 aromatic rings. The topological polar surface area (TPSA) is 94.8 Å². The lowest BCUT2D eigenvalue weighted by Gasteiger charge is -2.24. The monoisotopic (exact) mass is 413 g/mol. The van der Waals surface area contributed by atoms with Crippen LogP contribution in [0.4, 0.5) is 5.82 Å². The van der Waals surface area contributed by atoms with Gasteiger partial charge in [0.25, 0.3) is 0 Å². The second-order valence-corrected chi connectivity index (χ2v) is 7.54. The molecule has 2 fully saturated rings. The maximum absolute atomic E-state index is 9.67. The maximum atomic E-state index is 9.67. The van der Waals surface area contributed by atoms with E-state index in [-0.39, 0.29) is 18.8 Å². The minimum atomic E-state index is -0.739. The highest BCUT2D eigenvalue weighted by Crippen LogP contribution is 2.44. The van der Waals surface area contributed by atoms with Crippen LogP contribution in [0, 0.1) is 0 Å². The zero-order valence-electron chi connectivity index (χ0n) is 14.4. The zero-order valence-corrected chi connectivity index (χ0v) is 16.0. The van der Waals surface area contributed by atoms with Gasteiger partial charge in [-0.1, -0.05) is 0 Å². The lowest BCUT2D eigenvalue weighted by molar-refractivity contribution is -0.200. The third-order valence-corrected chi connectivity index (χ3v) is 4.96. The summed E-state index contributed by atoms with van der Waals surface area (Å²) in [5.41, 5.74) is 1.28. The quantitative estimate of drug-likeness (QED) is 0.746. The fourth-order valence-corrected chi connectivity index (χ4v) is 3.98. The Labute approximate surface area is 153 Å². The average Bonchev–Trinajstić information content (AvgIpc) is 3.14. The molecular formula is C15H20BrN5O4. The van der Waals surface area contributed by atoms with E-state index >= 15 is 0 Å². The van der Waals surface area contributed by atoms with E-state index in [4.69, 9.17) is 14.2 Å². The van der Waals surface area contributed by atoms with Crippen LogP contribution in [0.25, 0.3) is 11.2 Å². The number of fused-ring (bicyclic) bond motifs is 2. The molecule has 4 heterocycles. The van der Waals surface area contributed by atoms with Crippen molar-refractivity contribution in [3.63, 3.8) is 0 Å². The van der Waals surface area contributed by atoms with Gasteiger partial charge in [-0.25, -0.2) is 15.0 Å². The highest BCUT2D eigenvalue weighted by Gasteiger charge is 2.56. The Bertz CT molecular complexity index is 811. The number of nitrogens with zero attached hydrogens (tertiary/aromatic N) is 5. The molecule has 4 rings (SSSR count). The number of rotatable bonds is 3. The van der Waals surface area contributed by atoms with Crippen molar-refractivity contribution in [1.82, 2.24) is 19.5 Å². The van der Waals surface area contributed by atoms with Crippen molar-refractivity contribution in [2.24, 2.45) is 0 Å². The average molecular weight is 414 g/mol. The van der Waals surface area contributed by atoms with Gasteiger partial charge in [0.15, 0.2) is 33.7 Å². The van der Waals surface area contributed by atoms with E-state index in [2.05, 4.69) is 30.9 Å². The van der Waals surface area contributed by atoms with Crippen molar-refractivity contribution in [3.8, 4) is 0 Å². The van der Waals surface area contributed by atoms with Gasteiger partial charge in [0.05, 0.1) is 6.61 Å². The third-order valence-electron chi connectivity index (χ3n) is 4.40. The summed E-state index contributed by atoms with van der Waals surface area (Å²) >= 11 is 3.50. The maximum Gasteiger partial charge on any atom is 0.181 e. The molecule has 0 unspecified atom stereocenters. The summed E-state index contributed by atoms with van der Waals surface area (Å²) in [6.45, 7) is 3.55. The zero-order chi connectivity index (χ0) is 17.9. The molecule has 2 saturated heterocycles. The number of halogens is 1. The molecule has 0 amide bonds. The summed E-state index contributed by atoms with van der Waals surface area (Å²) in [7, 11) is 3.80. The molecule has 0 aliphatic carbocycles. The highest BCUT2D eigenvalue weighted by atomic mass is 79.9. The Hall–Kier alpha value is -1.33. The fourth-order valence-electron chi connectivity index (χ4n) is 3.44. The molecule has 0 saturated carbocycles. The molecule has 0 bridgehead atoms. The third kappa shape index (κ3) is 2.63. The van der Waals surface area contributed by atoms with Crippen LogP contribution in [0.15, 0.2) is 11.1 Å². The van der Waals surface area contributed by atoms with Gasteiger partial charge in [-0.05, 0) is 29.8 Å². The van der Waals surface area contributed by atoms with Gasteiger partial charge in [-0.3, -0.25) is 4.57 Å². The summed E-state index contributed by atoms with van der Waals surface area (Å²) in [5.74, 6) is -0.0288. The summed E-state index contributed by atoms with van der Waals surface area (Å²) in [6.07, 6.45) is -0.235. The van der Waals surface area contributed by atoms with E-state index in [1.165, 1.54) is 6.33 Å². The van der Waals surface area contributed by atoms with Crippen molar-refractivity contribution in [3.05, 3.63) is 11.1 Å². The molecule has 2 aliphatic rings. The largest absolute Gasteiger partial charge is 0.394 e. The molecule has 2 aliphatic heterocycles. The van der Waals surface area contributed by atoms with Crippen molar-refractivity contribution in [2.75, 3.05) is 25.6 Å². The number of hydrogen-bond acceptors (Lipinski definition) is 8. The van der Waals surface area contributed by atoms with Crippen LogP contribution in [0.3, 0.4) is 0 Å². The first-order valence-electron chi connectivity index (χ1n) is 8.00. The number of anilines is 1. The first-order chi connectivity index (χ1) is 11.8. The number of hydrogen-bond donors (Lipinski definition) is 1. The van der Waals surface area contributed by atoms with E-state index in [9.17, 15) is 5.11 Å². The van der Waals surface area contributed by atoms with Crippen molar-refractivity contribution < 1.29 is 19.3 Å². The van der Waals surface area contributed by atoms with E-state index in [0.717, 1.165) is 0 Å². The van der Waals surface area contributed by atoms with Crippen LogP contribution in [0.2, 0.25) is 0 Å². The minimum Gasteiger partial charge on any atom is -0.394 e. The highest BCUT2D eigenvalue weighted by molar-refractivity contribution is 9.10. The summed E-state index contributed by atoms with van der Waals surface area (Å²) in [4.78, 5) is 15.1. The molecule has 0 aromatic carbocycles. The molecule has 9 nitrogen and oxygen atoms in total. The van der Waals surface area contributed by atoms with Crippen LogP contribution >= 0.6 is 15.9 Å². The van der Waals surface area contributed by atoms with E-state index < -0.39 is 18.1 Å². The van der Waals surface area contributed by atoms with Crippen LogP contribution in [-0.2, 0) is 14.2 Å². The molecule has 1 N–H and O–H groups in total. The molecule has 0 spiro atoms. The van der Waals surface area contributed by atoms with Crippen LogP contribution < -0.4 is 4.90 Å². The second-order valence-electron chi connectivity index (χ2n) is 6.83. The molecule has 2 aromatic heterocycles. The van der Waals surface area contributed by atoms with Gasteiger partial charge in [0, 0.05) is 14.1 Å². The Morgan fingerprint density at radius 1 is 1.28 bits per heavy atom. The van der Waals surface area contributed by atoms with Crippen LogP contribution in [0.5, 0.6) is 0 Å². The van der Waals surface area contributed by atoms with Crippen molar-refractivity contribution >= 4 is 32.9 Å². The Kier molecular flexibility index (Phi) is 4.00. The van der Waals surface area contributed by atoms with Gasteiger partial charge in [0.2, 0.25) is 0 Å². The van der Waals surface area contributed by atoms with Crippen molar-refractivity contribution in [1.29, 1.82) is 0 Å². The number of ether oxygens (including phenoxy) is 3. The molecule has 0 radical (unpaired) electrons. The van der Waals surface area contributed by atoms with Gasteiger partial charge in [-0.15, -0.1) is 0 Å². The van der Waals surface area contributed by atoms with Gasteiger partial charge < -0.3 is 24.2 Å². The van der Waals surface area contributed by atoms with E-state index in [0.29, 0.717) is 21.7 Å². The van der Waals surface area contributed by atoms with Crippen LogP contribution in [-0.4, -0.2) is 69.4 Å². The molecule has 10 heteroatoms. The second kappa shape index (κ2) is 5.85. The van der Waals surface area contributed by atoms with E-state index in [1.807, 2.05) is 37.4 Å². The van der Waals surface area contributed by atoms with Gasteiger partial charge in [-0.2, -0.15) is 0 Å². The lowest BCUT2D eigenvalue weighted by Crippen LogP contribution is -2.31. The Balaban J connectivity index is 1.82. The van der Waals surface area contributed by atoms with Gasteiger partial charge in [0.1, 0.15) is 24.6 Å². The SMILES string of the molecule is CN(C)c1ncnc2c1nc(Br)n2[C@@H]1O[C@H](CO)[C@H]2OC(C)(C)O[C@H]21.